The largest absolute Gasteiger partial charge is 0.311 e. The van der Waals surface area contributed by atoms with E-state index < -0.39 is 0 Å². The van der Waals surface area contributed by atoms with E-state index in [1.807, 2.05) is 4.90 Å². The van der Waals surface area contributed by atoms with Crippen LogP contribution in [0.25, 0.3) is 0 Å². The predicted molar refractivity (Wildman–Crippen MR) is 89.3 cm³/mol. The topological polar surface area (TPSA) is 23.6 Å². The molecule has 0 bridgehead atoms. The van der Waals surface area contributed by atoms with Gasteiger partial charge in [-0.05, 0) is 69.5 Å². The molecule has 2 fully saturated rings. The Morgan fingerprint density at radius 3 is 2.19 bits per heavy atom. The van der Waals surface area contributed by atoms with Gasteiger partial charge < -0.3 is 4.90 Å². The SMILES string of the molecule is Cc1cc(C)cc(N2CCC(N3CCCCC3)C2=O)c1.Cl. The summed E-state index contributed by atoms with van der Waals surface area (Å²) in [6.45, 7) is 7.25. The van der Waals surface area contributed by atoms with Gasteiger partial charge in [0.1, 0.15) is 0 Å². The minimum atomic E-state index is 0. The van der Waals surface area contributed by atoms with Gasteiger partial charge in [0, 0.05) is 12.2 Å². The zero-order chi connectivity index (χ0) is 14.1. The van der Waals surface area contributed by atoms with Crippen LogP contribution in [-0.4, -0.2) is 36.5 Å². The zero-order valence-electron chi connectivity index (χ0n) is 13.0. The third kappa shape index (κ3) is 3.41. The maximum absolute atomic E-state index is 12.7. The van der Waals surface area contributed by atoms with Crippen LogP contribution in [0, 0.1) is 13.8 Å². The van der Waals surface area contributed by atoms with Gasteiger partial charge in [-0.1, -0.05) is 12.5 Å². The predicted octanol–water partition coefficient (Wildman–Crippen LogP) is 3.32. The smallest absolute Gasteiger partial charge is 0.244 e. The third-order valence-corrected chi connectivity index (χ3v) is 4.53. The van der Waals surface area contributed by atoms with Crippen LogP contribution < -0.4 is 4.90 Å². The van der Waals surface area contributed by atoms with Gasteiger partial charge in [-0.15, -0.1) is 12.4 Å². The molecule has 116 valence electrons. The van der Waals surface area contributed by atoms with Gasteiger partial charge in [0.15, 0.2) is 0 Å². The number of nitrogens with zero attached hydrogens (tertiary/aromatic N) is 2. The fraction of sp³-hybridized carbons (Fsp3) is 0.588. The average molecular weight is 309 g/mol. The van der Waals surface area contributed by atoms with Gasteiger partial charge in [0.2, 0.25) is 5.91 Å². The van der Waals surface area contributed by atoms with Gasteiger partial charge >= 0.3 is 0 Å². The van der Waals surface area contributed by atoms with Crippen molar-refractivity contribution in [3.05, 3.63) is 29.3 Å². The molecule has 3 rings (SSSR count). The Hall–Kier alpha value is -1.06. The summed E-state index contributed by atoms with van der Waals surface area (Å²) < 4.78 is 0. The van der Waals surface area contributed by atoms with Crippen molar-refractivity contribution in [3.8, 4) is 0 Å². The number of carbonyl (C=O) groups is 1. The molecule has 1 amide bonds. The average Bonchev–Trinajstić information content (AvgIpc) is 2.80. The summed E-state index contributed by atoms with van der Waals surface area (Å²) >= 11 is 0. The molecular formula is C17H25ClN2O. The number of aryl methyl sites for hydroxylation is 2. The van der Waals surface area contributed by atoms with Gasteiger partial charge in [-0.25, -0.2) is 0 Å². The molecule has 21 heavy (non-hydrogen) atoms. The zero-order valence-corrected chi connectivity index (χ0v) is 13.8. The maximum atomic E-state index is 12.7. The molecule has 1 unspecified atom stereocenters. The van der Waals surface area contributed by atoms with Crippen LogP contribution in [0.15, 0.2) is 18.2 Å². The Morgan fingerprint density at radius 2 is 1.57 bits per heavy atom. The van der Waals surface area contributed by atoms with Crippen LogP contribution in [0.4, 0.5) is 5.69 Å². The Balaban J connectivity index is 0.00000161. The minimum absolute atomic E-state index is 0. The molecule has 4 heteroatoms. The van der Waals surface area contributed by atoms with E-state index in [1.165, 1.54) is 30.4 Å². The first-order valence-corrected chi connectivity index (χ1v) is 7.79. The van der Waals surface area contributed by atoms with Gasteiger partial charge in [-0.2, -0.15) is 0 Å². The molecule has 0 N–H and O–H groups in total. The van der Waals surface area contributed by atoms with Crippen LogP contribution >= 0.6 is 12.4 Å². The number of hydrogen-bond acceptors (Lipinski definition) is 2. The molecule has 2 aliphatic rings. The monoisotopic (exact) mass is 308 g/mol. The molecule has 1 aromatic rings. The highest BCUT2D eigenvalue weighted by Crippen LogP contribution is 2.27. The van der Waals surface area contributed by atoms with E-state index in [1.54, 1.807) is 0 Å². The minimum Gasteiger partial charge on any atom is -0.311 e. The first-order chi connectivity index (χ1) is 9.65. The fourth-order valence-electron chi connectivity index (χ4n) is 3.60. The van der Waals surface area contributed by atoms with Crippen LogP contribution in [0.5, 0.6) is 0 Å². The normalized spacial score (nSPS) is 23.2. The quantitative estimate of drug-likeness (QED) is 0.837. The molecule has 0 aliphatic carbocycles. The first-order valence-electron chi connectivity index (χ1n) is 7.79. The van der Waals surface area contributed by atoms with E-state index >= 15 is 0 Å². The summed E-state index contributed by atoms with van der Waals surface area (Å²) in [5.74, 6) is 0.303. The molecule has 0 aromatic heterocycles. The van der Waals surface area contributed by atoms with Crippen molar-refractivity contribution < 1.29 is 4.79 Å². The summed E-state index contributed by atoms with van der Waals surface area (Å²) in [5, 5.41) is 0. The number of amides is 1. The summed E-state index contributed by atoms with van der Waals surface area (Å²) in [6.07, 6.45) is 4.78. The number of halogens is 1. The van der Waals surface area contributed by atoms with Crippen LogP contribution in [0.1, 0.15) is 36.8 Å². The highest BCUT2D eigenvalue weighted by atomic mass is 35.5. The summed E-state index contributed by atoms with van der Waals surface area (Å²) in [6, 6.07) is 6.54. The van der Waals surface area contributed by atoms with Crippen molar-refractivity contribution in [2.24, 2.45) is 0 Å². The Morgan fingerprint density at radius 1 is 0.952 bits per heavy atom. The second-order valence-corrected chi connectivity index (χ2v) is 6.24. The van der Waals surface area contributed by atoms with Crippen molar-refractivity contribution in [3.63, 3.8) is 0 Å². The van der Waals surface area contributed by atoms with Gasteiger partial charge in [-0.3, -0.25) is 9.69 Å². The lowest BCUT2D eigenvalue weighted by atomic mass is 10.1. The Kier molecular flexibility index (Phi) is 5.28. The van der Waals surface area contributed by atoms with Crippen molar-refractivity contribution in [1.82, 2.24) is 4.90 Å². The molecule has 2 heterocycles. The number of anilines is 1. The van der Waals surface area contributed by atoms with Crippen molar-refractivity contribution in [2.45, 2.75) is 45.6 Å². The summed E-state index contributed by atoms with van der Waals surface area (Å²) in [7, 11) is 0. The third-order valence-electron chi connectivity index (χ3n) is 4.53. The summed E-state index contributed by atoms with van der Waals surface area (Å²) in [4.78, 5) is 17.1. The van der Waals surface area contributed by atoms with Crippen molar-refractivity contribution in [2.75, 3.05) is 24.5 Å². The molecule has 0 radical (unpaired) electrons. The molecule has 0 saturated carbocycles. The van der Waals surface area contributed by atoms with Crippen LogP contribution in [0.2, 0.25) is 0 Å². The van der Waals surface area contributed by atoms with E-state index in [0.29, 0.717) is 5.91 Å². The van der Waals surface area contributed by atoms with Crippen LogP contribution in [0.3, 0.4) is 0 Å². The lowest BCUT2D eigenvalue weighted by Gasteiger charge is -2.31. The number of piperidine rings is 1. The standard InChI is InChI=1S/C17H24N2O.ClH/c1-13-10-14(2)12-15(11-13)19-9-6-16(17(19)20)18-7-4-3-5-8-18;/h10-12,16H,3-9H2,1-2H3;1H. The van der Waals surface area contributed by atoms with E-state index in [4.69, 9.17) is 0 Å². The number of likely N-dealkylation sites (tertiary alicyclic amines) is 1. The maximum Gasteiger partial charge on any atom is 0.244 e. The Bertz CT molecular complexity index is 491. The highest BCUT2D eigenvalue weighted by Gasteiger charge is 2.36. The van der Waals surface area contributed by atoms with E-state index in [2.05, 4.69) is 36.9 Å². The van der Waals surface area contributed by atoms with Crippen molar-refractivity contribution >= 4 is 24.0 Å². The second-order valence-electron chi connectivity index (χ2n) is 6.24. The van der Waals surface area contributed by atoms with E-state index in [9.17, 15) is 4.79 Å². The van der Waals surface area contributed by atoms with Crippen LogP contribution in [-0.2, 0) is 4.79 Å². The van der Waals surface area contributed by atoms with E-state index in [-0.39, 0.29) is 18.4 Å². The lowest BCUT2D eigenvalue weighted by Crippen LogP contribution is -2.44. The van der Waals surface area contributed by atoms with Gasteiger partial charge in [0.05, 0.1) is 6.04 Å². The van der Waals surface area contributed by atoms with E-state index in [0.717, 1.165) is 31.7 Å². The second kappa shape index (κ2) is 6.80. The number of benzene rings is 1. The number of carbonyl (C=O) groups excluding carboxylic acids is 1. The molecular weight excluding hydrogens is 284 g/mol. The molecule has 2 aliphatic heterocycles. The molecule has 3 nitrogen and oxygen atoms in total. The molecule has 1 atom stereocenters. The molecule has 1 aromatic carbocycles. The fourth-order valence-corrected chi connectivity index (χ4v) is 3.60. The van der Waals surface area contributed by atoms with Crippen molar-refractivity contribution in [1.29, 1.82) is 0 Å². The molecule has 0 spiro atoms. The number of hydrogen-bond donors (Lipinski definition) is 0. The first kappa shape index (κ1) is 16.3. The van der Waals surface area contributed by atoms with Gasteiger partial charge in [0.25, 0.3) is 0 Å². The highest BCUT2D eigenvalue weighted by molar-refractivity contribution is 5.99. The summed E-state index contributed by atoms with van der Waals surface area (Å²) in [5.41, 5.74) is 3.54. The number of rotatable bonds is 2. The molecule has 2 saturated heterocycles. The lowest BCUT2D eigenvalue weighted by molar-refractivity contribution is -0.122. The Labute approximate surface area is 133 Å².